The molecule has 0 saturated heterocycles. The van der Waals surface area contributed by atoms with Crippen LogP contribution in [0.4, 0.5) is 19.0 Å². The summed E-state index contributed by atoms with van der Waals surface area (Å²) in [5, 5.41) is 8.83. The molecular weight excluding hydrogens is 512 g/mol. The van der Waals surface area contributed by atoms with Crippen LogP contribution in [0.5, 0.6) is 0 Å². The number of halogens is 4. The minimum atomic E-state index is -4.46. The minimum Gasteiger partial charge on any atom is -0.443 e. The van der Waals surface area contributed by atoms with Crippen molar-refractivity contribution in [1.82, 2.24) is 20.6 Å². The number of aromatic nitrogens is 2. The van der Waals surface area contributed by atoms with Crippen molar-refractivity contribution in [2.24, 2.45) is 4.99 Å². The Morgan fingerprint density at radius 1 is 1.13 bits per heavy atom. The number of alkyl halides is 3. The van der Waals surface area contributed by atoms with Crippen LogP contribution < -0.4 is 16.0 Å². The third-order valence-corrected chi connectivity index (χ3v) is 3.83. The van der Waals surface area contributed by atoms with Gasteiger partial charge in [0.2, 0.25) is 5.89 Å². The van der Waals surface area contributed by atoms with E-state index in [0.717, 1.165) is 11.8 Å². The van der Waals surface area contributed by atoms with Crippen molar-refractivity contribution in [3.8, 4) is 0 Å². The molecule has 3 N–H and O–H groups in total. The predicted molar refractivity (Wildman–Crippen MR) is 121 cm³/mol. The molecule has 0 radical (unpaired) electrons. The first-order chi connectivity index (χ1) is 13.6. The number of guanidine groups is 1. The van der Waals surface area contributed by atoms with Gasteiger partial charge in [-0.1, -0.05) is 20.8 Å². The van der Waals surface area contributed by atoms with Gasteiger partial charge in [-0.05, 0) is 19.1 Å². The second-order valence-electron chi connectivity index (χ2n) is 7.31. The molecule has 0 spiro atoms. The van der Waals surface area contributed by atoms with E-state index >= 15 is 0 Å². The molecule has 0 saturated carbocycles. The number of pyridine rings is 1. The first kappa shape index (κ1) is 26.0. The minimum absolute atomic E-state index is 0. The molecule has 0 aliphatic rings. The molecule has 0 amide bonds. The molecule has 11 heteroatoms. The lowest BCUT2D eigenvalue weighted by Crippen LogP contribution is -2.39. The van der Waals surface area contributed by atoms with E-state index in [4.69, 9.17) is 4.42 Å². The molecule has 2 aromatic heterocycles. The number of oxazole rings is 1. The average molecular weight is 540 g/mol. The van der Waals surface area contributed by atoms with E-state index in [1.165, 1.54) is 12.3 Å². The lowest BCUT2D eigenvalue weighted by molar-refractivity contribution is -0.137. The second-order valence-corrected chi connectivity index (χ2v) is 7.31. The quantitative estimate of drug-likeness (QED) is 0.212. The molecule has 0 aromatic carbocycles. The maximum Gasteiger partial charge on any atom is 0.419 e. The van der Waals surface area contributed by atoms with Crippen molar-refractivity contribution < 1.29 is 17.6 Å². The van der Waals surface area contributed by atoms with Crippen LogP contribution in [-0.4, -0.2) is 35.6 Å². The molecule has 2 aromatic rings. The van der Waals surface area contributed by atoms with Crippen molar-refractivity contribution in [3.63, 3.8) is 0 Å². The van der Waals surface area contributed by atoms with Gasteiger partial charge in [0.15, 0.2) is 5.96 Å². The van der Waals surface area contributed by atoms with Gasteiger partial charge in [-0.3, -0.25) is 0 Å². The molecule has 0 aliphatic heterocycles. The van der Waals surface area contributed by atoms with Crippen molar-refractivity contribution in [1.29, 1.82) is 0 Å². The molecule has 30 heavy (non-hydrogen) atoms. The highest BCUT2D eigenvalue weighted by atomic mass is 127. The fourth-order valence-electron chi connectivity index (χ4n) is 2.36. The summed E-state index contributed by atoms with van der Waals surface area (Å²) >= 11 is 0. The monoisotopic (exact) mass is 540 g/mol. The third kappa shape index (κ3) is 8.00. The molecular formula is C19H28F3IN6O. The Morgan fingerprint density at radius 2 is 1.87 bits per heavy atom. The van der Waals surface area contributed by atoms with Crippen LogP contribution in [0.25, 0.3) is 0 Å². The predicted octanol–water partition coefficient (Wildman–Crippen LogP) is 4.17. The molecule has 0 bridgehead atoms. The standard InChI is InChI=1S/C19H27F3N6O.HI/c1-5-23-17(28-12-15-27-11-14(29-15)18(2,3)4)26-10-9-25-16-13(19(20,21)22)7-6-8-24-16;/h6-8,11H,5,9-10,12H2,1-4H3,(H,24,25)(H2,23,26,28);1H. The lowest BCUT2D eigenvalue weighted by Gasteiger charge is -2.14. The van der Waals surface area contributed by atoms with E-state index in [2.05, 4.69) is 30.9 Å². The molecule has 0 fully saturated rings. The van der Waals surface area contributed by atoms with Gasteiger partial charge in [0.1, 0.15) is 18.1 Å². The van der Waals surface area contributed by atoms with Gasteiger partial charge in [-0.2, -0.15) is 13.2 Å². The number of anilines is 1. The van der Waals surface area contributed by atoms with Crippen LogP contribution >= 0.6 is 24.0 Å². The number of nitrogens with one attached hydrogen (secondary N) is 3. The van der Waals surface area contributed by atoms with Gasteiger partial charge >= 0.3 is 6.18 Å². The Morgan fingerprint density at radius 3 is 2.47 bits per heavy atom. The van der Waals surface area contributed by atoms with Gasteiger partial charge in [0, 0.05) is 31.2 Å². The van der Waals surface area contributed by atoms with E-state index < -0.39 is 11.7 Å². The van der Waals surface area contributed by atoms with E-state index in [1.54, 1.807) is 6.20 Å². The summed E-state index contributed by atoms with van der Waals surface area (Å²) in [5.41, 5.74) is -0.927. The first-order valence-corrected chi connectivity index (χ1v) is 9.34. The highest BCUT2D eigenvalue weighted by Gasteiger charge is 2.33. The van der Waals surface area contributed by atoms with Crippen LogP contribution in [0.3, 0.4) is 0 Å². The SMILES string of the molecule is CCNC(=NCc1ncc(C(C)(C)C)o1)NCCNc1ncccc1C(F)(F)F.I. The number of rotatable bonds is 7. The normalized spacial score (nSPS) is 12.3. The Labute approximate surface area is 191 Å². The molecule has 7 nitrogen and oxygen atoms in total. The summed E-state index contributed by atoms with van der Waals surface area (Å²) in [6.45, 7) is 9.48. The van der Waals surface area contributed by atoms with E-state index in [9.17, 15) is 13.2 Å². The molecule has 2 rings (SSSR count). The Kier molecular flexibility index (Phi) is 9.85. The maximum atomic E-state index is 13.0. The van der Waals surface area contributed by atoms with Crippen LogP contribution in [0.1, 0.15) is 44.9 Å². The highest BCUT2D eigenvalue weighted by Crippen LogP contribution is 2.33. The largest absolute Gasteiger partial charge is 0.443 e. The fourth-order valence-corrected chi connectivity index (χ4v) is 2.36. The van der Waals surface area contributed by atoms with Crippen LogP contribution in [0, 0.1) is 0 Å². The van der Waals surface area contributed by atoms with Crippen LogP contribution in [0.2, 0.25) is 0 Å². The zero-order chi connectivity index (χ0) is 21.5. The zero-order valence-corrected chi connectivity index (χ0v) is 19.8. The Balaban J connectivity index is 0.00000450. The van der Waals surface area contributed by atoms with E-state index in [1.807, 2.05) is 27.7 Å². The van der Waals surface area contributed by atoms with Gasteiger partial charge < -0.3 is 20.4 Å². The number of hydrogen-bond acceptors (Lipinski definition) is 5. The molecule has 0 atom stereocenters. The summed E-state index contributed by atoms with van der Waals surface area (Å²) in [6, 6.07) is 2.26. The average Bonchev–Trinajstić information content (AvgIpc) is 3.12. The first-order valence-electron chi connectivity index (χ1n) is 9.34. The summed E-state index contributed by atoms with van der Waals surface area (Å²) in [6.07, 6.45) is -1.44. The smallest absolute Gasteiger partial charge is 0.419 e. The summed E-state index contributed by atoms with van der Waals surface area (Å²) in [7, 11) is 0. The lowest BCUT2D eigenvalue weighted by atomic mass is 9.94. The summed E-state index contributed by atoms with van der Waals surface area (Å²) < 4.78 is 44.7. The Hall–Kier alpha value is -2.05. The number of nitrogens with zero attached hydrogens (tertiary/aromatic N) is 3. The zero-order valence-electron chi connectivity index (χ0n) is 17.4. The number of aliphatic imine (C=N–C) groups is 1. The van der Waals surface area contributed by atoms with E-state index in [-0.39, 0.29) is 48.3 Å². The van der Waals surface area contributed by atoms with Crippen molar-refractivity contribution >= 4 is 35.8 Å². The van der Waals surface area contributed by atoms with Crippen molar-refractivity contribution in [2.45, 2.75) is 45.8 Å². The summed E-state index contributed by atoms with van der Waals surface area (Å²) in [5.74, 6) is 1.59. The summed E-state index contributed by atoms with van der Waals surface area (Å²) in [4.78, 5) is 12.4. The maximum absolute atomic E-state index is 13.0. The molecule has 0 aliphatic carbocycles. The van der Waals surface area contributed by atoms with E-state index in [0.29, 0.717) is 24.9 Å². The van der Waals surface area contributed by atoms with Gasteiger partial charge in [0.05, 0.1) is 11.8 Å². The fraction of sp³-hybridized carbons (Fsp3) is 0.526. The van der Waals surface area contributed by atoms with Gasteiger partial charge in [-0.25, -0.2) is 15.0 Å². The molecule has 0 unspecified atom stereocenters. The van der Waals surface area contributed by atoms with Gasteiger partial charge in [-0.15, -0.1) is 24.0 Å². The topological polar surface area (TPSA) is 87.4 Å². The highest BCUT2D eigenvalue weighted by molar-refractivity contribution is 14.0. The van der Waals surface area contributed by atoms with Crippen LogP contribution in [-0.2, 0) is 18.1 Å². The second kappa shape index (κ2) is 11.4. The van der Waals surface area contributed by atoms with Gasteiger partial charge in [0.25, 0.3) is 0 Å². The number of hydrogen-bond donors (Lipinski definition) is 3. The third-order valence-electron chi connectivity index (χ3n) is 3.83. The van der Waals surface area contributed by atoms with Crippen LogP contribution in [0.15, 0.2) is 33.9 Å². The Bertz CT molecular complexity index is 817. The molecule has 2 heterocycles. The molecule has 168 valence electrons. The van der Waals surface area contributed by atoms with Crippen molar-refractivity contribution in [3.05, 3.63) is 41.7 Å². The van der Waals surface area contributed by atoms with Crippen molar-refractivity contribution in [2.75, 3.05) is 25.0 Å².